The molecule has 2 N–H and O–H groups in total. The van der Waals surface area contributed by atoms with Crippen LogP contribution in [0.3, 0.4) is 0 Å². The quantitative estimate of drug-likeness (QED) is 0.890. The van der Waals surface area contributed by atoms with E-state index in [0.29, 0.717) is 11.7 Å². The summed E-state index contributed by atoms with van der Waals surface area (Å²) in [5, 5.41) is 13.3. The van der Waals surface area contributed by atoms with Crippen molar-refractivity contribution in [1.29, 1.82) is 0 Å². The molecule has 2 aromatic heterocycles. The van der Waals surface area contributed by atoms with Crippen LogP contribution in [0.4, 0.5) is 0 Å². The highest BCUT2D eigenvalue weighted by Gasteiger charge is 2.45. The first-order valence-corrected chi connectivity index (χ1v) is 8.32. The van der Waals surface area contributed by atoms with Crippen molar-refractivity contribution in [3.8, 4) is 0 Å². The van der Waals surface area contributed by atoms with E-state index >= 15 is 0 Å². The van der Waals surface area contributed by atoms with Gasteiger partial charge in [0.25, 0.3) is 0 Å². The minimum Gasteiger partial charge on any atom is -0.463 e. The number of aliphatic hydroxyl groups is 1. The number of nitrogens with one attached hydrogen (secondary N) is 1. The van der Waals surface area contributed by atoms with E-state index in [0.717, 1.165) is 12.2 Å². The number of hydrogen-bond acceptors (Lipinski definition) is 4. The Bertz CT molecular complexity index is 686. The fourth-order valence-electron chi connectivity index (χ4n) is 2.65. The van der Waals surface area contributed by atoms with Gasteiger partial charge in [0.05, 0.1) is 6.54 Å². The van der Waals surface area contributed by atoms with Crippen molar-refractivity contribution in [3.05, 3.63) is 45.5 Å². The van der Waals surface area contributed by atoms with Gasteiger partial charge in [-0.05, 0) is 51.5 Å². The Hall–Kier alpha value is -1.59. The van der Waals surface area contributed by atoms with Crippen LogP contribution in [0.5, 0.6) is 0 Å². The number of thiophene rings is 1. The van der Waals surface area contributed by atoms with E-state index in [2.05, 4.69) is 24.4 Å². The average molecular weight is 319 g/mol. The van der Waals surface area contributed by atoms with Crippen molar-refractivity contribution in [2.75, 3.05) is 6.54 Å². The van der Waals surface area contributed by atoms with Crippen LogP contribution in [0.25, 0.3) is 0 Å². The van der Waals surface area contributed by atoms with Crippen LogP contribution >= 0.6 is 11.3 Å². The molecule has 1 fully saturated rings. The van der Waals surface area contributed by atoms with Crippen molar-refractivity contribution in [2.45, 2.75) is 38.7 Å². The Balaban J connectivity index is 1.55. The third-order valence-corrected chi connectivity index (χ3v) is 5.26. The average Bonchev–Trinajstić information content (AvgIpc) is 2.94. The molecule has 0 bridgehead atoms. The van der Waals surface area contributed by atoms with E-state index in [9.17, 15) is 9.90 Å². The van der Waals surface area contributed by atoms with Gasteiger partial charge >= 0.3 is 0 Å². The van der Waals surface area contributed by atoms with Crippen LogP contribution in [-0.2, 0) is 10.4 Å². The van der Waals surface area contributed by atoms with Gasteiger partial charge < -0.3 is 14.8 Å². The molecule has 3 atom stereocenters. The van der Waals surface area contributed by atoms with Crippen LogP contribution < -0.4 is 5.32 Å². The van der Waals surface area contributed by atoms with E-state index in [-0.39, 0.29) is 18.4 Å². The zero-order valence-corrected chi connectivity index (χ0v) is 13.9. The van der Waals surface area contributed by atoms with Gasteiger partial charge in [0.15, 0.2) is 0 Å². The van der Waals surface area contributed by atoms with Gasteiger partial charge in [0.2, 0.25) is 5.91 Å². The van der Waals surface area contributed by atoms with E-state index < -0.39 is 5.60 Å². The second-order valence-corrected chi connectivity index (χ2v) is 7.62. The number of rotatable bonds is 5. The standard InChI is InChI=1S/C17H21NO3S/c1-10-4-7-15(21-10)17(3,20)9-18-16(19)13-8-12(13)14-6-5-11(2)22-14/h4-7,12-13,20H,8-9H2,1-3H3,(H,18,19). The normalized spacial score (nSPS) is 23.1. The molecule has 3 rings (SSSR count). The minimum absolute atomic E-state index is 0.0135. The van der Waals surface area contributed by atoms with Gasteiger partial charge in [-0.1, -0.05) is 0 Å². The molecular formula is C17H21NO3S. The monoisotopic (exact) mass is 319 g/mol. The molecule has 1 amide bonds. The maximum absolute atomic E-state index is 12.2. The van der Waals surface area contributed by atoms with Gasteiger partial charge in [-0.3, -0.25) is 4.79 Å². The summed E-state index contributed by atoms with van der Waals surface area (Å²) in [6.07, 6.45) is 0.897. The maximum Gasteiger partial charge on any atom is 0.223 e. The lowest BCUT2D eigenvalue weighted by Gasteiger charge is -2.21. The first-order chi connectivity index (χ1) is 10.4. The Morgan fingerprint density at radius 3 is 2.77 bits per heavy atom. The molecule has 1 aliphatic rings. The lowest BCUT2D eigenvalue weighted by atomic mass is 10.0. The zero-order valence-electron chi connectivity index (χ0n) is 13.1. The molecule has 0 saturated heterocycles. The topological polar surface area (TPSA) is 62.5 Å². The smallest absolute Gasteiger partial charge is 0.223 e. The second-order valence-electron chi connectivity index (χ2n) is 6.30. The van der Waals surface area contributed by atoms with Crippen LogP contribution in [0, 0.1) is 19.8 Å². The molecule has 1 aliphatic carbocycles. The molecule has 1 saturated carbocycles. The predicted molar refractivity (Wildman–Crippen MR) is 85.9 cm³/mol. The van der Waals surface area contributed by atoms with Gasteiger partial charge in [0, 0.05) is 21.6 Å². The second kappa shape index (κ2) is 5.56. The molecule has 0 aromatic carbocycles. The zero-order chi connectivity index (χ0) is 15.9. The number of aryl methyl sites for hydroxylation is 2. The molecule has 0 aliphatic heterocycles. The number of carbonyl (C=O) groups excluding carboxylic acids is 1. The van der Waals surface area contributed by atoms with Crippen molar-refractivity contribution in [1.82, 2.24) is 5.32 Å². The number of carbonyl (C=O) groups is 1. The van der Waals surface area contributed by atoms with Crippen molar-refractivity contribution in [2.24, 2.45) is 5.92 Å². The van der Waals surface area contributed by atoms with Gasteiger partial charge in [-0.2, -0.15) is 0 Å². The Morgan fingerprint density at radius 1 is 1.41 bits per heavy atom. The van der Waals surface area contributed by atoms with Gasteiger partial charge in [-0.25, -0.2) is 0 Å². The van der Waals surface area contributed by atoms with E-state index in [1.807, 2.05) is 13.0 Å². The Labute approximate surface area is 134 Å². The molecule has 0 radical (unpaired) electrons. The van der Waals surface area contributed by atoms with Crippen LogP contribution in [-0.4, -0.2) is 17.6 Å². The number of amides is 1. The van der Waals surface area contributed by atoms with Crippen LogP contribution in [0.1, 0.15) is 40.5 Å². The van der Waals surface area contributed by atoms with Gasteiger partial charge in [0.1, 0.15) is 17.1 Å². The highest BCUT2D eigenvalue weighted by molar-refractivity contribution is 7.12. The summed E-state index contributed by atoms with van der Waals surface area (Å²) in [6, 6.07) is 7.76. The summed E-state index contributed by atoms with van der Waals surface area (Å²) < 4.78 is 5.45. The van der Waals surface area contributed by atoms with Crippen LogP contribution in [0.2, 0.25) is 0 Å². The fraction of sp³-hybridized carbons (Fsp3) is 0.471. The summed E-state index contributed by atoms with van der Waals surface area (Å²) in [5.74, 6) is 1.62. The molecule has 5 heteroatoms. The lowest BCUT2D eigenvalue weighted by molar-refractivity contribution is -0.123. The van der Waals surface area contributed by atoms with Gasteiger partial charge in [-0.15, -0.1) is 11.3 Å². The molecule has 2 heterocycles. The summed E-state index contributed by atoms with van der Waals surface area (Å²) in [5.41, 5.74) is -1.19. The molecule has 0 spiro atoms. The number of furan rings is 1. The number of hydrogen-bond donors (Lipinski definition) is 2. The summed E-state index contributed by atoms with van der Waals surface area (Å²) in [7, 11) is 0. The first-order valence-electron chi connectivity index (χ1n) is 7.50. The van der Waals surface area contributed by atoms with E-state index in [4.69, 9.17) is 4.42 Å². The van der Waals surface area contributed by atoms with Crippen molar-refractivity contribution >= 4 is 17.2 Å². The third-order valence-electron chi connectivity index (χ3n) is 4.13. The summed E-state index contributed by atoms with van der Waals surface area (Å²) in [6.45, 7) is 5.72. The Morgan fingerprint density at radius 2 is 2.18 bits per heavy atom. The van der Waals surface area contributed by atoms with E-state index in [1.54, 1.807) is 24.3 Å². The molecule has 118 valence electrons. The molecule has 22 heavy (non-hydrogen) atoms. The molecule has 2 aromatic rings. The summed E-state index contributed by atoms with van der Waals surface area (Å²) >= 11 is 1.76. The third kappa shape index (κ3) is 3.10. The minimum atomic E-state index is -1.19. The first kappa shape index (κ1) is 15.3. The SMILES string of the molecule is Cc1ccc(C(C)(O)CNC(=O)C2CC2c2ccc(C)s2)o1. The van der Waals surface area contributed by atoms with Crippen molar-refractivity contribution in [3.63, 3.8) is 0 Å². The summed E-state index contributed by atoms with van der Waals surface area (Å²) in [4.78, 5) is 14.8. The predicted octanol–water partition coefficient (Wildman–Crippen LogP) is 3.09. The molecule has 3 unspecified atom stereocenters. The van der Waals surface area contributed by atoms with E-state index in [1.165, 1.54) is 9.75 Å². The van der Waals surface area contributed by atoms with Crippen molar-refractivity contribution < 1.29 is 14.3 Å². The molecular weight excluding hydrogens is 298 g/mol. The highest BCUT2D eigenvalue weighted by Crippen LogP contribution is 2.49. The van der Waals surface area contributed by atoms with Crippen LogP contribution in [0.15, 0.2) is 28.7 Å². The fourth-order valence-corrected chi connectivity index (χ4v) is 3.71. The highest BCUT2D eigenvalue weighted by atomic mass is 32.1. The molecule has 4 nitrogen and oxygen atoms in total. The maximum atomic E-state index is 12.2. The largest absolute Gasteiger partial charge is 0.463 e. The lowest BCUT2D eigenvalue weighted by Crippen LogP contribution is -2.39. The Kier molecular flexibility index (Phi) is 3.87.